The molecule has 5 nitrogen and oxygen atoms in total. The number of benzene rings is 6. The van der Waals surface area contributed by atoms with Gasteiger partial charge in [-0.15, -0.1) is 13.2 Å². The minimum Gasteiger partial charge on any atom is -0.465 e. The van der Waals surface area contributed by atoms with Gasteiger partial charge in [-0.1, -0.05) is 150 Å². The summed E-state index contributed by atoms with van der Waals surface area (Å²) in [6.07, 6.45) is -4.10. The van der Waals surface area contributed by atoms with E-state index in [0.717, 1.165) is 43.4 Å². The molecule has 0 fully saturated rings. The van der Waals surface area contributed by atoms with Crippen molar-refractivity contribution in [3.8, 4) is 5.75 Å². The fraction of sp³-hybridized carbons (Fsp3) is 0.321. The molecule has 0 heterocycles. The van der Waals surface area contributed by atoms with E-state index in [1.807, 2.05) is 30.3 Å². The zero-order chi connectivity index (χ0) is 51.3. The van der Waals surface area contributed by atoms with Gasteiger partial charge >= 0.3 is 24.5 Å². The predicted octanol–water partition coefficient (Wildman–Crippen LogP) is 15.7. The second-order valence-electron chi connectivity index (χ2n) is 14.9. The number of halogens is 7. The smallest absolute Gasteiger partial charge is 0.465 e. The molecule has 0 unspecified atom stereocenters. The van der Waals surface area contributed by atoms with Crippen molar-refractivity contribution < 1.29 is 54.5 Å². The number of hydrogen-bond donors (Lipinski definition) is 0. The minimum absolute atomic E-state index is 0.113. The Bertz CT molecular complexity index is 2350. The Morgan fingerprint density at radius 1 is 0.456 bits per heavy atom. The van der Waals surface area contributed by atoms with Gasteiger partial charge < -0.3 is 14.2 Å². The van der Waals surface area contributed by atoms with E-state index in [1.54, 1.807) is 44.2 Å². The Morgan fingerprint density at radius 2 is 0.941 bits per heavy atom. The first-order chi connectivity index (χ1) is 32.2. The lowest BCUT2D eigenvalue weighted by atomic mass is 10.0. The Morgan fingerprint density at radius 3 is 1.40 bits per heavy atom. The van der Waals surface area contributed by atoms with Crippen molar-refractivity contribution in [2.45, 2.75) is 106 Å². The molecule has 0 aromatic heterocycles. The Kier molecular flexibility index (Phi) is 27.6. The summed E-state index contributed by atoms with van der Waals surface area (Å²) in [7, 11) is 2.77. The highest BCUT2D eigenvalue weighted by atomic mass is 19.4. The van der Waals surface area contributed by atoms with Crippen LogP contribution in [0.1, 0.15) is 112 Å². The molecular weight excluding hydrogens is 886 g/mol. The Hall–Kier alpha value is -6.43. The average molecular weight is 951 g/mol. The molecule has 6 rings (SSSR count). The third-order valence-electron chi connectivity index (χ3n) is 9.90. The molecule has 0 aliphatic carbocycles. The molecule has 0 saturated heterocycles. The second kappa shape index (κ2) is 31.5. The second-order valence-corrected chi connectivity index (χ2v) is 14.9. The van der Waals surface area contributed by atoms with Crippen LogP contribution in [0.2, 0.25) is 0 Å². The molecule has 0 radical (unpaired) electrons. The fourth-order valence-electron chi connectivity index (χ4n) is 5.93. The normalized spacial score (nSPS) is 10.3. The number of ether oxygens (including phenoxy) is 3. The molecule has 0 N–H and O–H groups in total. The van der Waals surface area contributed by atoms with Crippen LogP contribution in [0.15, 0.2) is 140 Å². The maximum absolute atomic E-state index is 12.5. The number of hydrogen-bond acceptors (Lipinski definition) is 5. The molecule has 12 heteroatoms. The van der Waals surface area contributed by atoms with Gasteiger partial charge in [0.1, 0.15) is 11.6 Å². The number of methoxy groups -OCH3 is 2. The Balaban J connectivity index is 0.000000410. The van der Waals surface area contributed by atoms with Crippen LogP contribution in [0.25, 0.3) is 0 Å². The predicted molar refractivity (Wildman–Crippen MR) is 259 cm³/mol. The summed E-state index contributed by atoms with van der Waals surface area (Å²) in [6, 6.07) is 41.0. The highest BCUT2D eigenvalue weighted by Gasteiger charge is 2.33. The van der Waals surface area contributed by atoms with Crippen LogP contribution in [-0.2, 0) is 54.2 Å². The van der Waals surface area contributed by atoms with Gasteiger partial charge in [-0.3, -0.25) is 0 Å². The summed E-state index contributed by atoms with van der Waals surface area (Å²) in [5, 5.41) is 0. The van der Waals surface area contributed by atoms with E-state index >= 15 is 0 Å². The van der Waals surface area contributed by atoms with E-state index in [1.165, 1.54) is 54.2 Å². The lowest BCUT2D eigenvalue weighted by Crippen LogP contribution is -2.17. The third-order valence-corrected chi connectivity index (χ3v) is 9.90. The van der Waals surface area contributed by atoms with Gasteiger partial charge in [0.25, 0.3) is 0 Å². The minimum atomic E-state index is -4.61. The molecule has 6 aromatic rings. The third kappa shape index (κ3) is 23.8. The molecule has 6 aromatic carbocycles. The van der Waals surface area contributed by atoms with Crippen LogP contribution < -0.4 is 4.74 Å². The number of rotatable bonds is 9. The zero-order valence-electron chi connectivity index (χ0n) is 40.7. The van der Waals surface area contributed by atoms with Crippen molar-refractivity contribution >= 4 is 11.9 Å². The van der Waals surface area contributed by atoms with E-state index in [2.05, 4.69) is 104 Å². The molecule has 0 bridgehead atoms. The molecule has 0 aliphatic rings. The highest BCUT2D eigenvalue weighted by Crippen LogP contribution is 2.32. The first-order valence-electron chi connectivity index (χ1n) is 22.3. The van der Waals surface area contributed by atoms with Gasteiger partial charge in [-0.05, 0) is 128 Å². The van der Waals surface area contributed by atoms with Crippen LogP contribution >= 0.6 is 0 Å². The van der Waals surface area contributed by atoms with Gasteiger partial charge in [-0.25, -0.2) is 14.0 Å². The lowest BCUT2D eigenvalue weighted by Gasteiger charge is -2.11. The summed E-state index contributed by atoms with van der Waals surface area (Å²) in [4.78, 5) is 22.1. The maximum Gasteiger partial charge on any atom is 0.573 e. The molecule has 368 valence electrons. The van der Waals surface area contributed by atoms with Crippen LogP contribution in [0.4, 0.5) is 30.7 Å². The molecule has 0 amide bonds. The maximum atomic E-state index is 12.5. The van der Waals surface area contributed by atoms with Gasteiger partial charge in [0.2, 0.25) is 0 Å². The highest BCUT2D eigenvalue weighted by molar-refractivity contribution is 5.89. The van der Waals surface area contributed by atoms with Gasteiger partial charge in [0.15, 0.2) is 0 Å². The quantitative estimate of drug-likeness (QED) is 0.107. The fourth-order valence-corrected chi connectivity index (χ4v) is 5.93. The van der Waals surface area contributed by atoms with E-state index in [4.69, 9.17) is 0 Å². The number of esters is 2. The number of carbonyl (C=O) groups excluding carboxylic acids is 2. The van der Waals surface area contributed by atoms with Gasteiger partial charge in [-0.2, -0.15) is 13.2 Å². The van der Waals surface area contributed by atoms with Crippen LogP contribution in [0, 0.1) is 19.7 Å². The molecule has 0 spiro atoms. The van der Waals surface area contributed by atoms with Crippen molar-refractivity contribution in [1.29, 1.82) is 0 Å². The number of para-hydroxylation sites is 1. The van der Waals surface area contributed by atoms with Crippen LogP contribution in [0.5, 0.6) is 5.75 Å². The summed E-state index contributed by atoms with van der Waals surface area (Å²) in [6.45, 7) is 16.1. The van der Waals surface area contributed by atoms with Crippen molar-refractivity contribution in [2.75, 3.05) is 14.2 Å². The summed E-state index contributed by atoms with van der Waals surface area (Å²) in [5.41, 5.74) is 8.94. The number of carbonyl (C=O) groups is 2. The van der Waals surface area contributed by atoms with Crippen LogP contribution in [0.3, 0.4) is 0 Å². The standard InChI is InChI=1S/2C10H12O2.C9H8F4.C9H9F3O.2C9H12/c1-3-8-4-6-9(7-5-8)10(11)12-2;1-3-8-5-4-6-9(7-8)10(11)12-2;1-2-6-3-4-7(10)5-8(6)9(11,12)13;1-2-7-5-3-4-6-8(7)13-9(10,11)12;1-3-9-6-4-8(2)5-7-9;1-3-9-6-4-5-8(2)7-9/h2*4-7H,3H2,1-2H3;3-5H,2H2,1H3;3-6H,2H2,1H3;2*4-7H,3H2,1-2H3. The average Bonchev–Trinajstić information content (AvgIpc) is 3.34. The van der Waals surface area contributed by atoms with Gasteiger partial charge in [0.05, 0.1) is 30.9 Å². The first kappa shape index (κ1) is 59.6. The van der Waals surface area contributed by atoms with Crippen molar-refractivity contribution in [3.63, 3.8) is 0 Å². The zero-order valence-corrected chi connectivity index (χ0v) is 40.7. The van der Waals surface area contributed by atoms with Crippen molar-refractivity contribution in [3.05, 3.63) is 207 Å². The summed E-state index contributed by atoms with van der Waals surface area (Å²) >= 11 is 0. The summed E-state index contributed by atoms with van der Waals surface area (Å²) < 4.78 is 97.8. The topological polar surface area (TPSA) is 61.8 Å². The monoisotopic (exact) mass is 950 g/mol. The van der Waals surface area contributed by atoms with E-state index < -0.39 is 23.9 Å². The molecular formula is C56H65F7O5. The van der Waals surface area contributed by atoms with Crippen molar-refractivity contribution in [2.24, 2.45) is 0 Å². The Labute approximate surface area is 398 Å². The molecule has 0 aliphatic heterocycles. The molecule has 0 atom stereocenters. The lowest BCUT2D eigenvalue weighted by molar-refractivity contribution is -0.274. The van der Waals surface area contributed by atoms with Crippen LogP contribution in [-0.4, -0.2) is 32.5 Å². The van der Waals surface area contributed by atoms with E-state index in [0.29, 0.717) is 29.2 Å². The molecule has 0 saturated carbocycles. The summed E-state index contributed by atoms with van der Waals surface area (Å²) in [5.74, 6) is -1.52. The van der Waals surface area contributed by atoms with E-state index in [-0.39, 0.29) is 29.7 Å². The number of aryl methyl sites for hydroxylation is 8. The molecule has 68 heavy (non-hydrogen) atoms. The van der Waals surface area contributed by atoms with Gasteiger partial charge in [0, 0.05) is 0 Å². The number of alkyl halides is 6. The van der Waals surface area contributed by atoms with E-state index in [9.17, 15) is 40.3 Å². The largest absolute Gasteiger partial charge is 0.573 e. The van der Waals surface area contributed by atoms with Crippen molar-refractivity contribution in [1.82, 2.24) is 0 Å². The SMILES string of the molecule is CCc1ccc(C(=O)OC)cc1.CCc1ccc(C)cc1.CCc1ccc(F)cc1C(F)(F)F.CCc1cccc(C(=O)OC)c1.CCc1cccc(C)c1.CCc1ccccc1OC(F)(F)F. The first-order valence-corrected chi connectivity index (χ1v) is 22.3.